The van der Waals surface area contributed by atoms with Gasteiger partial charge in [0.1, 0.15) is 11.9 Å². The van der Waals surface area contributed by atoms with Crippen LogP contribution >= 0.6 is 12.2 Å². The zero-order chi connectivity index (χ0) is 21.4. The second kappa shape index (κ2) is 7.96. The van der Waals surface area contributed by atoms with Gasteiger partial charge in [0, 0.05) is 23.8 Å². The predicted octanol–water partition coefficient (Wildman–Crippen LogP) is 5.50. The molecule has 1 saturated heterocycles. The highest BCUT2D eigenvalue weighted by Crippen LogP contribution is 2.42. The van der Waals surface area contributed by atoms with Crippen molar-refractivity contribution in [2.45, 2.75) is 19.0 Å². The van der Waals surface area contributed by atoms with E-state index in [2.05, 4.69) is 34.3 Å². The molecule has 0 aliphatic carbocycles. The number of nitrogens with one attached hydrogen (secondary N) is 1. The van der Waals surface area contributed by atoms with Crippen LogP contribution in [0, 0.1) is 12.7 Å². The number of halogens is 1. The van der Waals surface area contributed by atoms with E-state index in [1.54, 1.807) is 18.3 Å². The molecule has 4 nitrogen and oxygen atoms in total. The minimum atomic E-state index is -0.273. The molecule has 0 amide bonds. The lowest BCUT2D eigenvalue weighted by Gasteiger charge is -2.29. The number of nitrogens with zero attached hydrogens (tertiary/aromatic N) is 3. The summed E-state index contributed by atoms with van der Waals surface area (Å²) in [6.07, 6.45) is 3.67. The van der Waals surface area contributed by atoms with Crippen LogP contribution in [-0.2, 0) is 0 Å². The number of pyridine rings is 1. The van der Waals surface area contributed by atoms with Gasteiger partial charge in [0.05, 0.1) is 17.4 Å². The van der Waals surface area contributed by atoms with Crippen LogP contribution in [0.3, 0.4) is 0 Å². The Morgan fingerprint density at radius 3 is 2.58 bits per heavy atom. The van der Waals surface area contributed by atoms with E-state index in [4.69, 9.17) is 12.2 Å². The Morgan fingerprint density at radius 2 is 1.81 bits per heavy atom. The first-order valence-electron chi connectivity index (χ1n) is 10.1. The third-order valence-electron chi connectivity index (χ3n) is 5.57. The van der Waals surface area contributed by atoms with Crippen molar-refractivity contribution in [1.29, 1.82) is 0 Å². The van der Waals surface area contributed by atoms with Gasteiger partial charge in [0.15, 0.2) is 5.11 Å². The Balaban J connectivity index is 1.69. The molecule has 5 rings (SSSR count). The molecule has 1 aliphatic heterocycles. The van der Waals surface area contributed by atoms with Crippen LogP contribution in [0.5, 0.6) is 0 Å². The van der Waals surface area contributed by atoms with Crippen LogP contribution < -0.4 is 10.2 Å². The molecule has 2 aromatic heterocycles. The van der Waals surface area contributed by atoms with Gasteiger partial charge in [-0.1, -0.05) is 30.3 Å². The summed E-state index contributed by atoms with van der Waals surface area (Å²) in [5.74, 6) is -0.273. The monoisotopic (exact) mass is 428 g/mol. The fraction of sp³-hybridized carbons (Fsp3) is 0.120. The molecular weight excluding hydrogens is 407 g/mol. The lowest BCUT2D eigenvalue weighted by atomic mass is 10.0. The molecule has 1 N–H and O–H groups in total. The van der Waals surface area contributed by atoms with Gasteiger partial charge in [-0.05, 0) is 73.2 Å². The third-order valence-corrected chi connectivity index (χ3v) is 5.89. The van der Waals surface area contributed by atoms with Gasteiger partial charge in [-0.25, -0.2) is 4.39 Å². The molecule has 0 radical (unpaired) electrons. The topological polar surface area (TPSA) is 33.1 Å². The zero-order valence-electron chi connectivity index (χ0n) is 16.9. The molecule has 3 heterocycles. The molecular formula is C25H21FN4S. The van der Waals surface area contributed by atoms with Gasteiger partial charge in [-0.15, -0.1) is 0 Å². The SMILES string of the molecule is Cc1cccc(N2C(=S)N[C@H](c3ccccn3)[C@H]2c2cccn2-c2ccccc2F)c1. The van der Waals surface area contributed by atoms with Crippen molar-refractivity contribution in [3.63, 3.8) is 0 Å². The fourth-order valence-corrected chi connectivity index (χ4v) is 4.56. The first kappa shape index (κ1) is 19.5. The van der Waals surface area contributed by atoms with Crippen LogP contribution in [-0.4, -0.2) is 14.7 Å². The molecule has 2 atom stereocenters. The van der Waals surface area contributed by atoms with Crippen LogP contribution in [0.25, 0.3) is 5.69 Å². The second-order valence-corrected chi connectivity index (χ2v) is 7.98. The fourth-order valence-electron chi connectivity index (χ4n) is 4.21. The predicted molar refractivity (Wildman–Crippen MR) is 125 cm³/mol. The average Bonchev–Trinajstić information content (AvgIpc) is 3.39. The van der Waals surface area contributed by atoms with E-state index < -0.39 is 0 Å². The number of thiocarbonyl (C=S) groups is 1. The molecule has 31 heavy (non-hydrogen) atoms. The van der Waals surface area contributed by atoms with Crippen LogP contribution in [0.4, 0.5) is 10.1 Å². The lowest BCUT2D eigenvalue weighted by Crippen LogP contribution is -2.30. The van der Waals surface area contributed by atoms with Crippen molar-refractivity contribution in [2.24, 2.45) is 0 Å². The summed E-state index contributed by atoms with van der Waals surface area (Å²) in [6.45, 7) is 2.06. The molecule has 2 aromatic carbocycles. The summed E-state index contributed by atoms with van der Waals surface area (Å²) < 4.78 is 16.6. The summed E-state index contributed by atoms with van der Waals surface area (Å²) in [7, 11) is 0. The molecule has 0 bridgehead atoms. The first-order valence-corrected chi connectivity index (χ1v) is 10.5. The Hall–Kier alpha value is -3.51. The summed E-state index contributed by atoms with van der Waals surface area (Å²) in [4.78, 5) is 6.69. The van der Waals surface area contributed by atoms with Crippen molar-refractivity contribution in [2.75, 3.05) is 4.90 Å². The Morgan fingerprint density at radius 1 is 0.968 bits per heavy atom. The number of aryl methyl sites for hydroxylation is 1. The standard InChI is InChI=1S/C25H21FN4S/c1-17-8-6-9-18(16-17)30-24(23(28-25(30)31)20-11-4-5-14-27-20)22-13-7-15-29(22)21-12-3-2-10-19(21)26/h2-16,23-24H,1H3,(H,28,31)/t23-,24-/m1/s1. The normalized spacial score (nSPS) is 18.3. The molecule has 1 aliphatic rings. The number of anilines is 1. The van der Waals surface area contributed by atoms with Crippen molar-refractivity contribution in [1.82, 2.24) is 14.9 Å². The Bertz CT molecular complexity index is 1240. The molecule has 0 saturated carbocycles. The van der Waals surface area contributed by atoms with Crippen molar-refractivity contribution in [3.05, 3.63) is 114 Å². The Kier molecular flexibility index (Phi) is 5.00. The van der Waals surface area contributed by atoms with Crippen molar-refractivity contribution >= 4 is 23.0 Å². The lowest BCUT2D eigenvalue weighted by molar-refractivity contribution is 0.544. The van der Waals surface area contributed by atoms with E-state index in [0.29, 0.717) is 10.8 Å². The first-order chi connectivity index (χ1) is 15.1. The molecule has 6 heteroatoms. The molecule has 154 valence electrons. The number of hydrogen-bond donors (Lipinski definition) is 1. The number of hydrogen-bond acceptors (Lipinski definition) is 2. The zero-order valence-corrected chi connectivity index (χ0v) is 17.8. The summed E-state index contributed by atoms with van der Waals surface area (Å²) in [5.41, 5.74) is 4.44. The highest BCUT2D eigenvalue weighted by Gasteiger charge is 2.42. The van der Waals surface area contributed by atoms with E-state index in [1.165, 1.54) is 6.07 Å². The van der Waals surface area contributed by atoms with Crippen molar-refractivity contribution in [3.8, 4) is 5.69 Å². The molecule has 1 fully saturated rings. The van der Waals surface area contributed by atoms with Crippen LogP contribution in [0.1, 0.15) is 29.0 Å². The van der Waals surface area contributed by atoms with E-state index in [-0.39, 0.29) is 17.9 Å². The summed E-state index contributed by atoms with van der Waals surface area (Å²) >= 11 is 5.78. The molecule has 0 unspecified atom stereocenters. The van der Waals surface area contributed by atoms with Gasteiger partial charge in [-0.3, -0.25) is 4.98 Å². The smallest absolute Gasteiger partial charge is 0.174 e. The van der Waals surface area contributed by atoms with E-state index in [0.717, 1.165) is 22.6 Å². The Labute approximate surface area is 186 Å². The van der Waals surface area contributed by atoms with Crippen LogP contribution in [0.2, 0.25) is 0 Å². The second-order valence-electron chi connectivity index (χ2n) is 7.59. The van der Waals surface area contributed by atoms with Crippen LogP contribution in [0.15, 0.2) is 91.3 Å². The van der Waals surface area contributed by atoms with Crippen molar-refractivity contribution < 1.29 is 4.39 Å². The summed E-state index contributed by atoms with van der Waals surface area (Å²) in [5, 5.41) is 4.08. The van der Waals surface area contributed by atoms with Gasteiger partial charge in [0.25, 0.3) is 0 Å². The largest absolute Gasteiger partial charge is 0.351 e. The summed E-state index contributed by atoms with van der Waals surface area (Å²) in [6, 6.07) is 24.5. The van der Waals surface area contributed by atoms with Gasteiger partial charge in [-0.2, -0.15) is 0 Å². The van der Waals surface area contributed by atoms with E-state index >= 15 is 0 Å². The third kappa shape index (κ3) is 3.49. The van der Waals surface area contributed by atoms with Gasteiger partial charge < -0.3 is 14.8 Å². The maximum absolute atomic E-state index is 14.7. The number of benzene rings is 2. The minimum Gasteiger partial charge on any atom is -0.351 e. The minimum absolute atomic E-state index is 0.186. The molecule has 0 spiro atoms. The molecule has 4 aromatic rings. The van der Waals surface area contributed by atoms with Gasteiger partial charge in [0.2, 0.25) is 0 Å². The number of rotatable bonds is 4. The number of aromatic nitrogens is 2. The maximum atomic E-state index is 14.7. The quantitative estimate of drug-likeness (QED) is 0.435. The highest BCUT2D eigenvalue weighted by molar-refractivity contribution is 7.80. The van der Waals surface area contributed by atoms with Gasteiger partial charge >= 0.3 is 0 Å². The van der Waals surface area contributed by atoms with E-state index in [1.807, 2.05) is 59.3 Å². The number of para-hydroxylation sites is 1. The maximum Gasteiger partial charge on any atom is 0.174 e. The van der Waals surface area contributed by atoms with E-state index in [9.17, 15) is 4.39 Å². The average molecular weight is 429 g/mol. The highest BCUT2D eigenvalue weighted by atomic mass is 32.1.